The Bertz CT molecular complexity index is 701. The van der Waals surface area contributed by atoms with E-state index in [9.17, 15) is 0 Å². The number of methoxy groups -OCH3 is 2. The Kier molecular flexibility index (Phi) is 4.00. The van der Waals surface area contributed by atoms with Crippen molar-refractivity contribution in [3.05, 3.63) is 28.0 Å². The van der Waals surface area contributed by atoms with Gasteiger partial charge in [-0.05, 0) is 40.5 Å². The number of aryl methyl sites for hydroxylation is 1. The second-order valence-electron chi connectivity index (χ2n) is 4.27. The van der Waals surface area contributed by atoms with Gasteiger partial charge in [0.15, 0.2) is 5.69 Å². The third kappa shape index (κ3) is 2.25. The molecule has 1 aromatic carbocycles. The average molecular weight is 336 g/mol. The van der Waals surface area contributed by atoms with E-state index in [-0.39, 0.29) is 0 Å². The zero-order valence-corrected chi connectivity index (χ0v) is 13.3. The second kappa shape index (κ2) is 5.55. The molecule has 20 heavy (non-hydrogen) atoms. The zero-order chi connectivity index (χ0) is 14.9. The predicted octanol–water partition coefficient (Wildman–Crippen LogP) is 3.05. The molecule has 0 aliphatic rings. The fourth-order valence-electron chi connectivity index (χ4n) is 2.02. The molecule has 0 bridgehead atoms. The Balaban J connectivity index is 2.72. The van der Waals surface area contributed by atoms with Crippen molar-refractivity contribution >= 4 is 15.9 Å². The lowest BCUT2D eigenvalue weighted by atomic mass is 10.1. The summed E-state index contributed by atoms with van der Waals surface area (Å²) in [6.07, 6.45) is 0. The van der Waals surface area contributed by atoms with E-state index in [4.69, 9.17) is 14.7 Å². The molecule has 1 aromatic heterocycles. The zero-order valence-electron chi connectivity index (χ0n) is 11.7. The van der Waals surface area contributed by atoms with Crippen molar-refractivity contribution in [3.63, 3.8) is 0 Å². The number of imidazole rings is 1. The van der Waals surface area contributed by atoms with Crippen LogP contribution in [0, 0.1) is 18.3 Å². The standard InChI is InChI=1S/C14H14BrN3O2/c1-8-5-12(20-4)9(6-11(8)19-3)14-17-10(7-16)13(15)18(14)2/h5-6H,1-4H3. The van der Waals surface area contributed by atoms with Crippen LogP contribution in [0.1, 0.15) is 11.3 Å². The largest absolute Gasteiger partial charge is 0.496 e. The van der Waals surface area contributed by atoms with E-state index in [0.717, 1.165) is 16.9 Å². The smallest absolute Gasteiger partial charge is 0.173 e. The molecule has 1 heterocycles. The summed E-state index contributed by atoms with van der Waals surface area (Å²) >= 11 is 3.36. The molecule has 0 saturated heterocycles. The molecule has 0 saturated carbocycles. The van der Waals surface area contributed by atoms with Gasteiger partial charge in [-0.25, -0.2) is 4.98 Å². The van der Waals surface area contributed by atoms with Gasteiger partial charge in [-0.3, -0.25) is 0 Å². The molecule has 0 N–H and O–H groups in total. The molecule has 0 radical (unpaired) electrons. The highest BCUT2D eigenvalue weighted by molar-refractivity contribution is 9.10. The maximum absolute atomic E-state index is 9.06. The van der Waals surface area contributed by atoms with Crippen LogP contribution >= 0.6 is 15.9 Å². The van der Waals surface area contributed by atoms with E-state index in [1.807, 2.05) is 26.1 Å². The maximum atomic E-state index is 9.06. The normalized spacial score (nSPS) is 10.2. The first kappa shape index (κ1) is 14.4. The minimum absolute atomic E-state index is 0.337. The molecule has 2 aromatic rings. The van der Waals surface area contributed by atoms with Gasteiger partial charge in [0.2, 0.25) is 0 Å². The Labute approximate surface area is 125 Å². The topological polar surface area (TPSA) is 60.1 Å². The van der Waals surface area contributed by atoms with E-state index in [1.165, 1.54) is 0 Å². The van der Waals surface area contributed by atoms with Crippen LogP contribution < -0.4 is 9.47 Å². The number of nitriles is 1. The number of ether oxygens (including phenoxy) is 2. The van der Waals surface area contributed by atoms with Gasteiger partial charge in [-0.2, -0.15) is 5.26 Å². The lowest BCUT2D eigenvalue weighted by molar-refractivity contribution is 0.401. The van der Waals surface area contributed by atoms with E-state index < -0.39 is 0 Å². The summed E-state index contributed by atoms with van der Waals surface area (Å²) < 4.78 is 13.2. The fraction of sp³-hybridized carbons (Fsp3) is 0.286. The number of benzene rings is 1. The SMILES string of the molecule is COc1cc(-c2nc(C#N)c(Br)n2C)c(OC)cc1C. The minimum Gasteiger partial charge on any atom is -0.496 e. The molecule has 0 amide bonds. The molecular weight excluding hydrogens is 322 g/mol. The van der Waals surface area contributed by atoms with Crippen LogP contribution in [0.2, 0.25) is 0 Å². The van der Waals surface area contributed by atoms with Crippen molar-refractivity contribution < 1.29 is 9.47 Å². The third-order valence-electron chi connectivity index (χ3n) is 3.09. The van der Waals surface area contributed by atoms with Gasteiger partial charge >= 0.3 is 0 Å². The highest BCUT2D eigenvalue weighted by Gasteiger charge is 2.18. The molecule has 0 spiro atoms. The van der Waals surface area contributed by atoms with Gasteiger partial charge in [0.25, 0.3) is 0 Å². The molecule has 6 heteroatoms. The fourth-order valence-corrected chi connectivity index (χ4v) is 2.36. The monoisotopic (exact) mass is 335 g/mol. The summed E-state index contributed by atoms with van der Waals surface area (Å²) in [6.45, 7) is 1.94. The molecule has 0 fully saturated rings. The van der Waals surface area contributed by atoms with Crippen LogP contribution in [-0.4, -0.2) is 23.8 Å². The van der Waals surface area contributed by atoms with Crippen molar-refractivity contribution in [1.82, 2.24) is 9.55 Å². The predicted molar refractivity (Wildman–Crippen MR) is 78.9 cm³/mol. The molecule has 2 rings (SSSR count). The van der Waals surface area contributed by atoms with Crippen molar-refractivity contribution in [1.29, 1.82) is 5.26 Å². The van der Waals surface area contributed by atoms with Crippen LogP contribution in [0.25, 0.3) is 11.4 Å². The number of halogens is 1. The maximum Gasteiger partial charge on any atom is 0.173 e. The summed E-state index contributed by atoms with van der Waals surface area (Å²) in [5, 5.41) is 9.06. The summed E-state index contributed by atoms with van der Waals surface area (Å²) in [6, 6.07) is 5.81. The van der Waals surface area contributed by atoms with E-state index in [0.29, 0.717) is 21.9 Å². The van der Waals surface area contributed by atoms with Crippen molar-refractivity contribution in [2.24, 2.45) is 7.05 Å². The number of nitrogens with zero attached hydrogens (tertiary/aromatic N) is 3. The van der Waals surface area contributed by atoms with Gasteiger partial charge in [-0.15, -0.1) is 0 Å². The minimum atomic E-state index is 0.337. The number of hydrogen-bond acceptors (Lipinski definition) is 4. The molecule has 0 unspecified atom stereocenters. The molecule has 0 aliphatic heterocycles. The van der Waals surface area contributed by atoms with Crippen molar-refractivity contribution in [2.45, 2.75) is 6.92 Å². The Morgan fingerprint density at radius 3 is 2.40 bits per heavy atom. The van der Waals surface area contributed by atoms with Crippen LogP contribution in [0.3, 0.4) is 0 Å². The molecular formula is C14H14BrN3O2. The Morgan fingerprint density at radius 2 is 1.90 bits per heavy atom. The summed E-state index contributed by atoms with van der Waals surface area (Å²) in [5.74, 6) is 2.08. The highest BCUT2D eigenvalue weighted by Crippen LogP contribution is 2.36. The van der Waals surface area contributed by atoms with Gasteiger partial charge in [0.05, 0.1) is 19.8 Å². The first-order chi connectivity index (χ1) is 9.53. The Hall–Kier alpha value is -2.00. The van der Waals surface area contributed by atoms with Crippen LogP contribution in [0.15, 0.2) is 16.7 Å². The van der Waals surface area contributed by atoms with Crippen LogP contribution in [-0.2, 0) is 7.05 Å². The van der Waals surface area contributed by atoms with Gasteiger partial charge < -0.3 is 14.0 Å². The first-order valence-electron chi connectivity index (χ1n) is 5.88. The molecule has 0 aliphatic carbocycles. The van der Waals surface area contributed by atoms with Gasteiger partial charge in [-0.1, -0.05) is 0 Å². The molecule has 104 valence electrons. The van der Waals surface area contributed by atoms with Gasteiger partial charge in [0, 0.05) is 7.05 Å². The van der Waals surface area contributed by atoms with Crippen molar-refractivity contribution in [3.8, 4) is 29.0 Å². The van der Waals surface area contributed by atoms with E-state index >= 15 is 0 Å². The lowest BCUT2D eigenvalue weighted by Gasteiger charge is -2.13. The van der Waals surface area contributed by atoms with E-state index in [1.54, 1.807) is 18.8 Å². The number of hydrogen-bond donors (Lipinski definition) is 0. The second-order valence-corrected chi connectivity index (χ2v) is 5.02. The van der Waals surface area contributed by atoms with E-state index in [2.05, 4.69) is 27.0 Å². The Morgan fingerprint density at radius 1 is 1.25 bits per heavy atom. The lowest BCUT2D eigenvalue weighted by Crippen LogP contribution is -1.98. The average Bonchev–Trinajstić information content (AvgIpc) is 2.74. The molecule has 0 atom stereocenters. The third-order valence-corrected chi connectivity index (χ3v) is 4.00. The first-order valence-corrected chi connectivity index (χ1v) is 6.68. The van der Waals surface area contributed by atoms with Crippen LogP contribution in [0.4, 0.5) is 0 Å². The number of rotatable bonds is 3. The quantitative estimate of drug-likeness (QED) is 0.864. The summed E-state index contributed by atoms with van der Waals surface area (Å²) in [7, 11) is 5.06. The molecule has 5 nitrogen and oxygen atoms in total. The van der Waals surface area contributed by atoms with Gasteiger partial charge in [0.1, 0.15) is 28.0 Å². The van der Waals surface area contributed by atoms with Crippen molar-refractivity contribution in [2.75, 3.05) is 14.2 Å². The number of aromatic nitrogens is 2. The summed E-state index contributed by atoms with van der Waals surface area (Å²) in [4.78, 5) is 4.33. The van der Waals surface area contributed by atoms with Crippen LogP contribution in [0.5, 0.6) is 11.5 Å². The summed E-state index contributed by atoms with van der Waals surface area (Å²) in [5.41, 5.74) is 2.09. The highest BCUT2D eigenvalue weighted by atomic mass is 79.9.